The van der Waals surface area contributed by atoms with Gasteiger partial charge < -0.3 is 5.32 Å². The molecule has 1 fully saturated rings. The maximum absolute atomic E-state index is 11.7. The summed E-state index contributed by atoms with van der Waals surface area (Å²) in [6, 6.07) is 2.23. The molecule has 150 valence electrons. The first-order chi connectivity index (χ1) is 13.2. The Morgan fingerprint density at radius 2 is 1.96 bits per heavy atom. The van der Waals surface area contributed by atoms with Gasteiger partial charge in [0.15, 0.2) is 0 Å². The number of halogens is 1. The van der Waals surface area contributed by atoms with Crippen molar-refractivity contribution < 1.29 is 8.42 Å². The molecule has 1 aliphatic heterocycles. The van der Waals surface area contributed by atoms with E-state index in [9.17, 15) is 8.42 Å². The molecule has 0 amide bonds. The Bertz CT molecular complexity index is 1140. The average molecular weight is 468 g/mol. The first-order valence-corrected chi connectivity index (χ1v) is 11.8. The van der Waals surface area contributed by atoms with Gasteiger partial charge in [0.05, 0.1) is 6.26 Å². The number of aromatic nitrogens is 5. The van der Waals surface area contributed by atoms with Crippen LogP contribution in [0.3, 0.4) is 0 Å². The fourth-order valence-corrected chi connectivity index (χ4v) is 4.90. The standard InChI is InChI=1S/C17H22BrN7O2S/c1-10(2)25-16-14-11(8-13(18)15(16)22-23-25)9-19-17(21-14)20-12-4-6-24(7-5-12)28(3,26)27/h8-10,12H,4-7H2,1-3H3,(H,19,20,21). The van der Waals surface area contributed by atoms with Crippen LogP contribution in [0.4, 0.5) is 5.95 Å². The summed E-state index contributed by atoms with van der Waals surface area (Å²) in [6.45, 7) is 5.12. The Kier molecular flexibility index (Phi) is 5.00. The summed E-state index contributed by atoms with van der Waals surface area (Å²) in [5.41, 5.74) is 2.44. The summed E-state index contributed by atoms with van der Waals surface area (Å²) >= 11 is 3.56. The number of nitrogens with zero attached hydrogens (tertiary/aromatic N) is 6. The molecule has 2 aromatic heterocycles. The molecule has 0 aliphatic carbocycles. The third-order valence-electron chi connectivity index (χ3n) is 4.99. The van der Waals surface area contributed by atoms with Crippen LogP contribution in [0.1, 0.15) is 32.7 Å². The zero-order chi connectivity index (χ0) is 20.1. The highest BCUT2D eigenvalue weighted by atomic mass is 79.9. The van der Waals surface area contributed by atoms with E-state index in [1.807, 2.05) is 10.7 Å². The number of piperidine rings is 1. The maximum atomic E-state index is 11.7. The highest BCUT2D eigenvalue weighted by Gasteiger charge is 2.25. The minimum absolute atomic E-state index is 0.134. The molecule has 28 heavy (non-hydrogen) atoms. The molecule has 3 heterocycles. The van der Waals surface area contributed by atoms with E-state index >= 15 is 0 Å². The van der Waals surface area contributed by atoms with Gasteiger partial charge in [-0.1, -0.05) is 5.21 Å². The van der Waals surface area contributed by atoms with Crippen LogP contribution >= 0.6 is 15.9 Å². The third kappa shape index (κ3) is 3.58. The molecule has 0 spiro atoms. The lowest BCUT2D eigenvalue weighted by Crippen LogP contribution is -2.42. The minimum Gasteiger partial charge on any atom is -0.351 e. The van der Waals surface area contributed by atoms with Crippen molar-refractivity contribution in [2.45, 2.75) is 38.8 Å². The second-order valence-corrected chi connectivity index (χ2v) is 10.2. The van der Waals surface area contributed by atoms with Crippen molar-refractivity contribution in [2.75, 3.05) is 24.7 Å². The molecule has 1 N–H and O–H groups in total. The van der Waals surface area contributed by atoms with Gasteiger partial charge in [0.2, 0.25) is 16.0 Å². The number of hydrogen-bond donors (Lipinski definition) is 1. The highest BCUT2D eigenvalue weighted by molar-refractivity contribution is 9.10. The minimum atomic E-state index is -3.13. The van der Waals surface area contributed by atoms with Crippen molar-refractivity contribution in [3.63, 3.8) is 0 Å². The van der Waals surface area contributed by atoms with Crippen LogP contribution in [-0.4, -0.2) is 63.1 Å². The average Bonchev–Trinajstić information content (AvgIpc) is 3.08. The van der Waals surface area contributed by atoms with Crippen LogP contribution in [0.2, 0.25) is 0 Å². The van der Waals surface area contributed by atoms with Gasteiger partial charge in [0.1, 0.15) is 16.6 Å². The molecular weight excluding hydrogens is 446 g/mol. The van der Waals surface area contributed by atoms with Crippen molar-refractivity contribution >= 4 is 53.8 Å². The van der Waals surface area contributed by atoms with Gasteiger partial charge >= 0.3 is 0 Å². The predicted molar refractivity (Wildman–Crippen MR) is 112 cm³/mol. The van der Waals surface area contributed by atoms with Crippen LogP contribution in [0.25, 0.3) is 21.9 Å². The van der Waals surface area contributed by atoms with E-state index in [1.54, 1.807) is 6.20 Å². The first-order valence-electron chi connectivity index (χ1n) is 9.16. The lowest BCUT2D eigenvalue weighted by molar-refractivity contribution is 0.331. The molecule has 3 aromatic rings. The number of rotatable bonds is 4. The number of hydrogen-bond acceptors (Lipinski definition) is 7. The lowest BCUT2D eigenvalue weighted by atomic mass is 10.1. The second kappa shape index (κ2) is 7.20. The summed E-state index contributed by atoms with van der Waals surface area (Å²) in [4.78, 5) is 9.20. The van der Waals surface area contributed by atoms with Crippen molar-refractivity contribution in [1.29, 1.82) is 0 Å². The number of benzene rings is 1. The van der Waals surface area contributed by atoms with E-state index in [0.29, 0.717) is 19.0 Å². The van der Waals surface area contributed by atoms with Crippen molar-refractivity contribution in [3.8, 4) is 0 Å². The molecule has 1 saturated heterocycles. The van der Waals surface area contributed by atoms with E-state index in [4.69, 9.17) is 4.98 Å². The molecular formula is C17H22BrN7O2S. The van der Waals surface area contributed by atoms with E-state index in [1.165, 1.54) is 10.6 Å². The molecule has 0 radical (unpaired) electrons. The van der Waals surface area contributed by atoms with Crippen molar-refractivity contribution in [2.24, 2.45) is 0 Å². The van der Waals surface area contributed by atoms with Gasteiger partial charge in [-0.2, -0.15) is 0 Å². The highest BCUT2D eigenvalue weighted by Crippen LogP contribution is 2.31. The second-order valence-electron chi connectivity index (χ2n) is 7.40. The molecule has 0 bridgehead atoms. The summed E-state index contributed by atoms with van der Waals surface area (Å²) in [5, 5.41) is 12.8. The van der Waals surface area contributed by atoms with Crippen LogP contribution in [0.5, 0.6) is 0 Å². The number of anilines is 1. The van der Waals surface area contributed by atoms with E-state index in [0.717, 1.165) is 39.3 Å². The Morgan fingerprint density at radius 3 is 2.61 bits per heavy atom. The summed E-state index contributed by atoms with van der Waals surface area (Å²) < 4.78 is 27.6. The van der Waals surface area contributed by atoms with Crippen LogP contribution in [-0.2, 0) is 10.0 Å². The quantitative estimate of drug-likeness (QED) is 0.627. The Balaban J connectivity index is 1.65. The third-order valence-corrected chi connectivity index (χ3v) is 6.90. The molecule has 0 unspecified atom stereocenters. The SMILES string of the molecule is CC(C)n1nnc2c(Br)cc3cnc(NC4CCN(S(C)(=O)=O)CC4)nc3c21. The number of sulfonamides is 1. The predicted octanol–water partition coefficient (Wildman–Crippen LogP) is 2.55. The van der Waals surface area contributed by atoms with Gasteiger partial charge in [-0.05, 0) is 48.7 Å². The van der Waals surface area contributed by atoms with Crippen molar-refractivity contribution in [3.05, 3.63) is 16.7 Å². The van der Waals surface area contributed by atoms with E-state index in [2.05, 4.69) is 50.4 Å². The summed E-state index contributed by atoms with van der Waals surface area (Å²) in [7, 11) is -3.13. The molecule has 0 atom stereocenters. The van der Waals surface area contributed by atoms with E-state index < -0.39 is 10.0 Å². The smallest absolute Gasteiger partial charge is 0.223 e. The van der Waals surface area contributed by atoms with Gasteiger partial charge in [-0.3, -0.25) is 0 Å². The van der Waals surface area contributed by atoms with E-state index in [-0.39, 0.29) is 12.1 Å². The Hall–Kier alpha value is -1.85. The van der Waals surface area contributed by atoms with Gasteiger partial charge in [-0.15, -0.1) is 5.10 Å². The monoisotopic (exact) mass is 467 g/mol. The first kappa shape index (κ1) is 19.5. The topological polar surface area (TPSA) is 106 Å². The van der Waals surface area contributed by atoms with Crippen LogP contribution < -0.4 is 5.32 Å². The molecule has 1 aliphatic rings. The number of nitrogens with one attached hydrogen (secondary N) is 1. The van der Waals surface area contributed by atoms with Crippen molar-refractivity contribution in [1.82, 2.24) is 29.3 Å². The zero-order valence-corrected chi connectivity index (χ0v) is 18.3. The van der Waals surface area contributed by atoms with Gasteiger partial charge in [0.25, 0.3) is 0 Å². The summed E-state index contributed by atoms with van der Waals surface area (Å²) in [5.74, 6) is 0.533. The number of fused-ring (bicyclic) bond motifs is 3. The molecule has 11 heteroatoms. The zero-order valence-electron chi connectivity index (χ0n) is 15.9. The fourth-order valence-electron chi connectivity index (χ4n) is 3.51. The normalized spacial score (nSPS) is 17.0. The molecule has 9 nitrogen and oxygen atoms in total. The Labute approximate surface area is 171 Å². The van der Waals surface area contributed by atoms with Crippen LogP contribution in [0, 0.1) is 0 Å². The fraction of sp³-hybridized carbons (Fsp3) is 0.529. The maximum Gasteiger partial charge on any atom is 0.223 e. The van der Waals surface area contributed by atoms with Gasteiger partial charge in [-0.25, -0.2) is 27.4 Å². The molecule has 4 rings (SSSR count). The van der Waals surface area contributed by atoms with Gasteiger partial charge in [0, 0.05) is 41.2 Å². The molecule has 1 aromatic carbocycles. The largest absolute Gasteiger partial charge is 0.351 e. The molecule has 0 saturated carbocycles. The lowest BCUT2D eigenvalue weighted by Gasteiger charge is -2.30. The Morgan fingerprint density at radius 1 is 1.25 bits per heavy atom. The summed E-state index contributed by atoms with van der Waals surface area (Å²) in [6.07, 6.45) is 4.48. The van der Waals surface area contributed by atoms with Crippen LogP contribution in [0.15, 0.2) is 16.7 Å².